The topological polar surface area (TPSA) is 43.4 Å². The van der Waals surface area contributed by atoms with Gasteiger partial charge in [-0.25, -0.2) is 0 Å². The van der Waals surface area contributed by atoms with Gasteiger partial charge in [0.25, 0.3) is 0 Å². The fourth-order valence-corrected chi connectivity index (χ4v) is 3.24. The number of carbonyl (C=O) groups excluding carboxylic acids is 2. The smallest absolute Gasteiger partial charge is 0.306 e. The SMILES string of the molecule is CC#CCC(C)C(=O)C=C[C@@H]1[C@H]2CC(=O)O[C@H]2C[C@H]1C. The number of hydrogen-bond acceptors (Lipinski definition) is 3. The number of rotatable bonds is 4. The summed E-state index contributed by atoms with van der Waals surface area (Å²) in [4.78, 5) is 23.4. The van der Waals surface area contributed by atoms with Gasteiger partial charge < -0.3 is 4.74 Å². The average Bonchev–Trinajstić information content (AvgIpc) is 2.88. The molecule has 0 aromatic carbocycles. The standard InChI is InChI=1S/C17H22O3/c1-4-5-6-11(2)15(18)8-7-13-12(3)9-16-14(13)10-17(19)20-16/h7-8,11-14,16H,6,9-10H2,1-3H3/t11?,12-,13+,14-,16+/m1/s1. The molecule has 0 N–H and O–H groups in total. The third-order valence-electron chi connectivity index (χ3n) is 4.47. The van der Waals surface area contributed by atoms with Crippen LogP contribution in [0.25, 0.3) is 0 Å². The molecule has 1 saturated carbocycles. The zero-order valence-corrected chi connectivity index (χ0v) is 12.4. The van der Waals surface area contributed by atoms with Crippen LogP contribution in [0, 0.1) is 35.5 Å². The molecule has 0 aromatic heterocycles. The van der Waals surface area contributed by atoms with Gasteiger partial charge in [-0.3, -0.25) is 9.59 Å². The summed E-state index contributed by atoms with van der Waals surface area (Å²) < 4.78 is 5.32. The molecule has 2 fully saturated rings. The summed E-state index contributed by atoms with van der Waals surface area (Å²) in [5.41, 5.74) is 0. The van der Waals surface area contributed by atoms with Gasteiger partial charge in [-0.1, -0.05) is 19.9 Å². The fraction of sp³-hybridized carbons (Fsp3) is 0.647. The molecule has 0 bridgehead atoms. The summed E-state index contributed by atoms with van der Waals surface area (Å²) in [6.07, 6.45) is 5.76. The summed E-state index contributed by atoms with van der Waals surface area (Å²) >= 11 is 0. The lowest BCUT2D eigenvalue weighted by molar-refractivity contribution is -0.141. The van der Waals surface area contributed by atoms with Crippen LogP contribution in [-0.2, 0) is 14.3 Å². The minimum atomic E-state index is -0.0942. The molecule has 1 saturated heterocycles. The van der Waals surface area contributed by atoms with Crippen LogP contribution in [0.1, 0.15) is 40.0 Å². The first-order valence-electron chi connectivity index (χ1n) is 7.34. The molecule has 5 atom stereocenters. The first-order valence-corrected chi connectivity index (χ1v) is 7.34. The molecule has 1 unspecified atom stereocenters. The van der Waals surface area contributed by atoms with Crippen LogP contribution < -0.4 is 0 Å². The number of esters is 1. The predicted molar refractivity (Wildman–Crippen MR) is 76.6 cm³/mol. The Bertz CT molecular complexity index is 480. The molecule has 1 heterocycles. The van der Waals surface area contributed by atoms with E-state index in [1.165, 1.54) is 0 Å². The van der Waals surface area contributed by atoms with E-state index in [1.807, 2.05) is 13.0 Å². The van der Waals surface area contributed by atoms with Crippen LogP contribution in [0.2, 0.25) is 0 Å². The highest BCUT2D eigenvalue weighted by Gasteiger charge is 2.47. The summed E-state index contributed by atoms with van der Waals surface area (Å²) in [5, 5.41) is 0. The second-order valence-electron chi connectivity index (χ2n) is 5.98. The van der Waals surface area contributed by atoms with E-state index in [0.717, 1.165) is 6.42 Å². The lowest BCUT2D eigenvalue weighted by atomic mass is 9.87. The van der Waals surface area contributed by atoms with Gasteiger partial charge in [0.15, 0.2) is 5.78 Å². The number of ether oxygens (including phenoxy) is 1. The lowest BCUT2D eigenvalue weighted by Gasteiger charge is -2.15. The van der Waals surface area contributed by atoms with Gasteiger partial charge in [0.05, 0.1) is 6.42 Å². The number of carbonyl (C=O) groups is 2. The molecule has 0 spiro atoms. The fourth-order valence-electron chi connectivity index (χ4n) is 3.24. The van der Waals surface area contributed by atoms with Crippen LogP contribution in [0.15, 0.2) is 12.2 Å². The summed E-state index contributed by atoms with van der Waals surface area (Å²) in [7, 11) is 0. The molecule has 0 aromatic rings. The van der Waals surface area contributed by atoms with E-state index in [2.05, 4.69) is 18.8 Å². The number of hydrogen-bond donors (Lipinski definition) is 0. The molecule has 20 heavy (non-hydrogen) atoms. The molecule has 1 aliphatic heterocycles. The molecular formula is C17H22O3. The van der Waals surface area contributed by atoms with E-state index in [-0.39, 0.29) is 35.6 Å². The number of fused-ring (bicyclic) bond motifs is 1. The quantitative estimate of drug-likeness (QED) is 0.450. The van der Waals surface area contributed by atoms with Crippen molar-refractivity contribution in [3.63, 3.8) is 0 Å². The molecule has 108 valence electrons. The van der Waals surface area contributed by atoms with Crippen molar-refractivity contribution >= 4 is 11.8 Å². The Morgan fingerprint density at radius 3 is 3.00 bits per heavy atom. The second kappa shape index (κ2) is 6.26. The van der Waals surface area contributed by atoms with Crippen molar-refractivity contribution in [1.29, 1.82) is 0 Å². The summed E-state index contributed by atoms with van der Waals surface area (Å²) in [6, 6.07) is 0. The zero-order chi connectivity index (χ0) is 14.7. The van der Waals surface area contributed by atoms with E-state index < -0.39 is 0 Å². The van der Waals surface area contributed by atoms with Crippen LogP contribution in [-0.4, -0.2) is 17.9 Å². The van der Waals surface area contributed by atoms with Gasteiger partial charge in [0.1, 0.15) is 6.10 Å². The van der Waals surface area contributed by atoms with Gasteiger partial charge in [-0.2, -0.15) is 0 Å². The Morgan fingerprint density at radius 2 is 2.30 bits per heavy atom. The Kier molecular flexibility index (Phi) is 4.65. The first kappa shape index (κ1) is 14.8. The third kappa shape index (κ3) is 3.12. The highest BCUT2D eigenvalue weighted by atomic mass is 16.6. The van der Waals surface area contributed by atoms with Crippen LogP contribution >= 0.6 is 0 Å². The van der Waals surface area contributed by atoms with E-state index in [1.54, 1.807) is 13.0 Å². The van der Waals surface area contributed by atoms with Gasteiger partial charge in [0.2, 0.25) is 0 Å². The molecule has 3 heteroatoms. The van der Waals surface area contributed by atoms with Gasteiger partial charge >= 0.3 is 5.97 Å². The Labute approximate surface area is 120 Å². The lowest BCUT2D eigenvalue weighted by Crippen LogP contribution is -2.14. The molecule has 0 amide bonds. The normalized spacial score (nSPS) is 33.5. The number of allylic oxidation sites excluding steroid dienone is 2. The molecule has 0 radical (unpaired) electrons. The van der Waals surface area contributed by atoms with Crippen molar-refractivity contribution in [2.45, 2.75) is 46.1 Å². The van der Waals surface area contributed by atoms with Crippen molar-refractivity contribution in [2.24, 2.45) is 23.7 Å². The van der Waals surface area contributed by atoms with Crippen molar-refractivity contribution in [2.75, 3.05) is 0 Å². The largest absolute Gasteiger partial charge is 0.462 e. The summed E-state index contributed by atoms with van der Waals surface area (Å²) in [5.74, 6) is 6.71. The molecule has 2 rings (SSSR count). The highest BCUT2D eigenvalue weighted by molar-refractivity contribution is 5.91. The third-order valence-corrected chi connectivity index (χ3v) is 4.47. The minimum absolute atomic E-state index is 0.0608. The number of ketones is 1. The van der Waals surface area contributed by atoms with E-state index in [4.69, 9.17) is 4.74 Å². The monoisotopic (exact) mass is 274 g/mol. The molecule has 2 aliphatic rings. The van der Waals surface area contributed by atoms with E-state index in [9.17, 15) is 9.59 Å². The van der Waals surface area contributed by atoms with Crippen molar-refractivity contribution in [1.82, 2.24) is 0 Å². The molecule has 1 aliphatic carbocycles. The summed E-state index contributed by atoms with van der Waals surface area (Å²) in [6.45, 7) is 5.85. The molecular weight excluding hydrogens is 252 g/mol. The Hall–Kier alpha value is -1.56. The predicted octanol–water partition coefficient (Wildman–Crippen LogP) is 2.75. The van der Waals surface area contributed by atoms with E-state index >= 15 is 0 Å². The minimum Gasteiger partial charge on any atom is -0.462 e. The first-order chi connectivity index (χ1) is 9.52. The van der Waals surface area contributed by atoms with Gasteiger partial charge in [-0.05, 0) is 31.3 Å². The Morgan fingerprint density at radius 1 is 1.55 bits per heavy atom. The van der Waals surface area contributed by atoms with Gasteiger partial charge in [-0.15, -0.1) is 11.8 Å². The second-order valence-corrected chi connectivity index (χ2v) is 5.98. The van der Waals surface area contributed by atoms with Crippen molar-refractivity contribution < 1.29 is 14.3 Å². The van der Waals surface area contributed by atoms with Crippen LogP contribution in [0.3, 0.4) is 0 Å². The van der Waals surface area contributed by atoms with Crippen molar-refractivity contribution in [3.05, 3.63) is 12.2 Å². The van der Waals surface area contributed by atoms with Crippen LogP contribution in [0.5, 0.6) is 0 Å². The zero-order valence-electron chi connectivity index (χ0n) is 12.4. The molecule has 3 nitrogen and oxygen atoms in total. The van der Waals surface area contributed by atoms with Crippen molar-refractivity contribution in [3.8, 4) is 11.8 Å². The average molecular weight is 274 g/mol. The van der Waals surface area contributed by atoms with Gasteiger partial charge in [0, 0.05) is 18.3 Å². The maximum Gasteiger partial charge on any atom is 0.306 e. The van der Waals surface area contributed by atoms with E-state index in [0.29, 0.717) is 18.8 Å². The van der Waals surface area contributed by atoms with Crippen LogP contribution in [0.4, 0.5) is 0 Å². The Balaban J connectivity index is 1.97. The maximum absolute atomic E-state index is 12.0. The maximum atomic E-state index is 12.0. The highest BCUT2D eigenvalue weighted by Crippen LogP contribution is 2.45.